The molecule has 0 unspecified atom stereocenters. The number of benzene rings is 3. The molecule has 0 radical (unpaired) electrons. The maximum absolute atomic E-state index is 12.7. The number of imidazole rings is 1. The van der Waals surface area contributed by atoms with E-state index >= 15 is 0 Å². The minimum atomic E-state index is -0.483. The number of rotatable bonds is 7. The monoisotopic (exact) mass is 502 g/mol. The number of thioether (sulfide) groups is 1. The van der Waals surface area contributed by atoms with E-state index in [4.69, 9.17) is 20.8 Å². The lowest BCUT2D eigenvalue weighted by molar-refractivity contribution is -0.141. The lowest BCUT2D eigenvalue weighted by Gasteiger charge is -2.08. The summed E-state index contributed by atoms with van der Waals surface area (Å²) in [5.74, 6) is -0.306. The highest BCUT2D eigenvalue weighted by Gasteiger charge is 2.17. The molecule has 0 N–H and O–H groups in total. The first-order valence-corrected chi connectivity index (χ1v) is 12.1. The van der Waals surface area contributed by atoms with E-state index in [1.165, 1.54) is 11.8 Å². The maximum Gasteiger partial charge on any atom is 0.345 e. The van der Waals surface area contributed by atoms with Gasteiger partial charge in [0, 0.05) is 22.3 Å². The van der Waals surface area contributed by atoms with Crippen molar-refractivity contribution in [1.82, 2.24) is 9.55 Å². The zero-order valence-electron chi connectivity index (χ0n) is 18.4. The molecule has 174 valence electrons. The zero-order chi connectivity index (χ0) is 24.2. The van der Waals surface area contributed by atoms with Crippen molar-refractivity contribution in [3.05, 3.63) is 112 Å². The molecule has 8 heteroatoms. The molecule has 0 amide bonds. The van der Waals surface area contributed by atoms with E-state index in [1.807, 2.05) is 65.2 Å². The van der Waals surface area contributed by atoms with Gasteiger partial charge in [-0.15, -0.1) is 0 Å². The average Bonchev–Trinajstić information content (AvgIpc) is 3.31. The van der Waals surface area contributed by atoms with Crippen LogP contribution >= 0.6 is 23.4 Å². The Morgan fingerprint density at radius 3 is 2.54 bits per heavy atom. The molecule has 2 aromatic heterocycles. The number of hydrogen-bond donors (Lipinski definition) is 0. The standard InChI is InChI=1S/C27H19ClN2O4S/c28-20-10-12-21(13-11-20)30-15-23(22-14-19-8-4-5-9-24(19)34-26(22)32)29-27(30)35-17-25(31)33-16-18-6-2-1-3-7-18/h1-15H,16-17H2. The molecule has 0 fully saturated rings. The largest absolute Gasteiger partial charge is 0.460 e. The first-order chi connectivity index (χ1) is 17.1. The summed E-state index contributed by atoms with van der Waals surface area (Å²) in [6.07, 6.45) is 1.75. The van der Waals surface area contributed by atoms with E-state index in [9.17, 15) is 9.59 Å². The molecule has 5 rings (SSSR count). The van der Waals surface area contributed by atoms with Gasteiger partial charge in [0.2, 0.25) is 0 Å². The van der Waals surface area contributed by atoms with Crippen molar-refractivity contribution >= 4 is 40.3 Å². The summed E-state index contributed by atoms with van der Waals surface area (Å²) >= 11 is 7.29. The quantitative estimate of drug-likeness (QED) is 0.151. The highest BCUT2D eigenvalue weighted by atomic mass is 35.5. The van der Waals surface area contributed by atoms with Crippen LogP contribution in [-0.4, -0.2) is 21.3 Å². The average molecular weight is 503 g/mol. The molecule has 0 atom stereocenters. The second kappa shape index (κ2) is 10.2. The molecule has 35 heavy (non-hydrogen) atoms. The second-order valence-electron chi connectivity index (χ2n) is 7.68. The van der Waals surface area contributed by atoms with Gasteiger partial charge < -0.3 is 9.15 Å². The van der Waals surface area contributed by atoms with Crippen LogP contribution in [0.2, 0.25) is 5.02 Å². The third-order valence-corrected chi connectivity index (χ3v) is 6.44. The van der Waals surface area contributed by atoms with Gasteiger partial charge >= 0.3 is 11.6 Å². The maximum atomic E-state index is 12.7. The summed E-state index contributed by atoms with van der Waals surface area (Å²) in [6.45, 7) is 0.204. The fourth-order valence-corrected chi connectivity index (χ4v) is 4.44. The summed E-state index contributed by atoms with van der Waals surface area (Å²) in [4.78, 5) is 29.8. The van der Waals surface area contributed by atoms with E-state index in [-0.39, 0.29) is 18.3 Å². The zero-order valence-corrected chi connectivity index (χ0v) is 20.0. The lowest BCUT2D eigenvalue weighted by atomic mass is 10.1. The SMILES string of the molecule is O=C(CSc1nc(-c2cc3ccccc3oc2=O)cn1-c1ccc(Cl)cc1)OCc1ccccc1. The minimum Gasteiger partial charge on any atom is -0.460 e. The Balaban J connectivity index is 1.43. The van der Waals surface area contributed by atoms with Crippen molar-refractivity contribution in [3.8, 4) is 16.9 Å². The van der Waals surface area contributed by atoms with Gasteiger partial charge in [-0.1, -0.05) is 71.9 Å². The number of nitrogens with zero attached hydrogens (tertiary/aromatic N) is 2. The van der Waals surface area contributed by atoms with E-state index in [1.54, 1.807) is 30.5 Å². The molecule has 0 aliphatic rings. The van der Waals surface area contributed by atoms with Crippen LogP contribution in [-0.2, 0) is 16.1 Å². The summed E-state index contributed by atoms with van der Waals surface area (Å²) in [5.41, 5.74) is 2.51. The summed E-state index contributed by atoms with van der Waals surface area (Å²) < 4.78 is 12.7. The molecule has 6 nitrogen and oxygen atoms in total. The molecule has 5 aromatic rings. The Bertz CT molecular complexity index is 1550. The highest BCUT2D eigenvalue weighted by molar-refractivity contribution is 7.99. The third kappa shape index (κ3) is 5.31. The van der Waals surface area contributed by atoms with Crippen molar-refractivity contribution in [2.45, 2.75) is 11.8 Å². The number of esters is 1. The van der Waals surface area contributed by atoms with Gasteiger partial charge in [-0.3, -0.25) is 9.36 Å². The number of aromatic nitrogens is 2. The fraction of sp³-hybridized carbons (Fsp3) is 0.0741. The molecule has 0 bridgehead atoms. The molecule has 2 heterocycles. The van der Waals surface area contributed by atoms with Crippen LogP contribution in [0, 0.1) is 0 Å². The minimum absolute atomic E-state index is 0.0587. The van der Waals surface area contributed by atoms with Gasteiger partial charge in [-0.2, -0.15) is 0 Å². The number of halogens is 1. The van der Waals surface area contributed by atoms with E-state index in [2.05, 4.69) is 4.98 Å². The molecule has 0 aliphatic heterocycles. The van der Waals surface area contributed by atoms with Gasteiger partial charge in [0.05, 0.1) is 17.0 Å². The van der Waals surface area contributed by atoms with Crippen molar-refractivity contribution in [1.29, 1.82) is 0 Å². The van der Waals surface area contributed by atoms with Crippen LogP contribution in [0.3, 0.4) is 0 Å². The highest BCUT2D eigenvalue weighted by Crippen LogP contribution is 2.28. The van der Waals surface area contributed by atoms with Crippen LogP contribution in [0.1, 0.15) is 5.56 Å². The molecule has 0 spiro atoms. The molecular formula is C27H19ClN2O4S. The predicted octanol–water partition coefficient (Wildman–Crippen LogP) is 6.13. The first kappa shape index (κ1) is 23.0. The number of carbonyl (C=O) groups excluding carboxylic acids is 1. The number of carbonyl (C=O) groups is 1. The number of hydrogen-bond acceptors (Lipinski definition) is 6. The normalized spacial score (nSPS) is 11.0. The number of ether oxygens (including phenoxy) is 1. The van der Waals surface area contributed by atoms with Crippen molar-refractivity contribution in [3.63, 3.8) is 0 Å². The molecule has 0 saturated carbocycles. The Morgan fingerprint density at radius 1 is 1.00 bits per heavy atom. The number of para-hydroxylation sites is 1. The summed E-state index contributed by atoms with van der Waals surface area (Å²) in [7, 11) is 0. The summed E-state index contributed by atoms with van der Waals surface area (Å²) in [6, 6.07) is 25.8. The number of fused-ring (bicyclic) bond motifs is 1. The molecule has 0 aliphatic carbocycles. The van der Waals surface area contributed by atoms with Crippen LogP contribution in [0.5, 0.6) is 0 Å². The Morgan fingerprint density at radius 2 is 1.74 bits per heavy atom. The van der Waals surface area contributed by atoms with Crippen LogP contribution in [0.25, 0.3) is 27.9 Å². The Hall–Kier alpha value is -3.81. The predicted molar refractivity (Wildman–Crippen MR) is 137 cm³/mol. The first-order valence-electron chi connectivity index (χ1n) is 10.8. The van der Waals surface area contributed by atoms with Crippen molar-refractivity contribution in [2.75, 3.05) is 5.75 Å². The van der Waals surface area contributed by atoms with Crippen LogP contribution in [0.15, 0.2) is 105 Å². The van der Waals surface area contributed by atoms with Crippen molar-refractivity contribution in [2.24, 2.45) is 0 Å². The van der Waals surface area contributed by atoms with Gasteiger partial charge in [0.1, 0.15) is 12.2 Å². The Kier molecular flexibility index (Phi) is 6.70. The fourth-order valence-electron chi connectivity index (χ4n) is 3.53. The second-order valence-corrected chi connectivity index (χ2v) is 9.05. The van der Waals surface area contributed by atoms with Crippen LogP contribution in [0.4, 0.5) is 0 Å². The lowest BCUT2D eigenvalue weighted by Crippen LogP contribution is -2.08. The molecule has 0 saturated heterocycles. The van der Waals surface area contributed by atoms with Gasteiger partial charge in [0.25, 0.3) is 0 Å². The topological polar surface area (TPSA) is 74.3 Å². The van der Waals surface area contributed by atoms with E-state index in [0.29, 0.717) is 27.0 Å². The molecule has 3 aromatic carbocycles. The van der Waals surface area contributed by atoms with E-state index < -0.39 is 5.63 Å². The smallest absolute Gasteiger partial charge is 0.345 e. The third-order valence-electron chi connectivity index (χ3n) is 5.26. The summed E-state index contributed by atoms with van der Waals surface area (Å²) in [5, 5.41) is 1.93. The molecular weight excluding hydrogens is 484 g/mol. The van der Waals surface area contributed by atoms with Crippen molar-refractivity contribution < 1.29 is 13.9 Å². The van der Waals surface area contributed by atoms with Gasteiger partial charge in [-0.05, 0) is 42.0 Å². The van der Waals surface area contributed by atoms with Gasteiger partial charge in [-0.25, -0.2) is 9.78 Å². The van der Waals surface area contributed by atoms with E-state index in [0.717, 1.165) is 16.6 Å². The Labute approximate surface area is 210 Å². The van der Waals surface area contributed by atoms with Crippen LogP contribution < -0.4 is 5.63 Å². The van der Waals surface area contributed by atoms with Gasteiger partial charge in [0.15, 0.2) is 5.16 Å².